The summed E-state index contributed by atoms with van der Waals surface area (Å²) >= 11 is 0. The molecular formula is C17H22N2O5. The summed E-state index contributed by atoms with van der Waals surface area (Å²) < 4.78 is 5.04. The topological polar surface area (TPSA) is 105 Å². The van der Waals surface area contributed by atoms with Crippen LogP contribution in [0.3, 0.4) is 0 Å². The zero-order valence-electron chi connectivity index (χ0n) is 13.6. The first-order valence-corrected chi connectivity index (χ1v) is 7.95. The number of aliphatic carboxylic acids is 1. The largest absolute Gasteiger partial charge is 0.497 e. The van der Waals surface area contributed by atoms with Crippen LogP contribution in [0, 0.1) is 11.8 Å². The number of methoxy groups -OCH3 is 1. The Morgan fingerprint density at radius 3 is 2.29 bits per heavy atom. The fourth-order valence-corrected chi connectivity index (χ4v) is 2.94. The smallest absolute Gasteiger partial charge is 0.307 e. The molecule has 0 spiro atoms. The number of hydrogen-bond donors (Lipinski definition) is 3. The summed E-state index contributed by atoms with van der Waals surface area (Å²) in [5, 5.41) is 9.19. The van der Waals surface area contributed by atoms with Gasteiger partial charge in [0.15, 0.2) is 0 Å². The SMILES string of the molecule is COc1ccc(CC(=O)NNC(=O)[C@H]2CCCC[C@H]2C(=O)O)cc1. The molecule has 2 atom stereocenters. The van der Waals surface area contributed by atoms with Gasteiger partial charge in [-0.3, -0.25) is 25.2 Å². The van der Waals surface area contributed by atoms with E-state index >= 15 is 0 Å². The minimum atomic E-state index is -0.959. The molecule has 1 aromatic carbocycles. The Bertz CT molecular complexity index is 600. The Morgan fingerprint density at radius 2 is 1.71 bits per heavy atom. The summed E-state index contributed by atoms with van der Waals surface area (Å²) in [6.07, 6.45) is 2.76. The summed E-state index contributed by atoms with van der Waals surface area (Å²) in [7, 11) is 1.56. The first-order valence-electron chi connectivity index (χ1n) is 7.95. The highest BCUT2D eigenvalue weighted by Crippen LogP contribution is 2.30. The molecule has 0 heterocycles. The molecule has 0 saturated heterocycles. The van der Waals surface area contributed by atoms with Crippen molar-refractivity contribution in [3.63, 3.8) is 0 Å². The van der Waals surface area contributed by atoms with Crippen LogP contribution in [0.5, 0.6) is 5.75 Å². The van der Waals surface area contributed by atoms with E-state index in [4.69, 9.17) is 4.74 Å². The predicted octanol–water partition coefficient (Wildman–Crippen LogP) is 1.28. The van der Waals surface area contributed by atoms with E-state index in [0.717, 1.165) is 18.4 Å². The average Bonchev–Trinajstić information content (AvgIpc) is 2.60. The molecule has 3 N–H and O–H groups in total. The number of hydrogen-bond acceptors (Lipinski definition) is 4. The number of carbonyl (C=O) groups is 3. The van der Waals surface area contributed by atoms with E-state index in [0.29, 0.717) is 18.6 Å². The van der Waals surface area contributed by atoms with Gasteiger partial charge in [-0.1, -0.05) is 25.0 Å². The van der Waals surface area contributed by atoms with Crippen LogP contribution in [-0.4, -0.2) is 30.0 Å². The zero-order valence-corrected chi connectivity index (χ0v) is 13.6. The second-order valence-electron chi connectivity index (χ2n) is 5.90. The van der Waals surface area contributed by atoms with E-state index in [1.165, 1.54) is 0 Å². The van der Waals surface area contributed by atoms with Crippen LogP contribution in [0.1, 0.15) is 31.2 Å². The number of hydrazine groups is 1. The molecule has 7 nitrogen and oxygen atoms in total. The maximum absolute atomic E-state index is 12.1. The molecular weight excluding hydrogens is 312 g/mol. The van der Waals surface area contributed by atoms with Crippen LogP contribution < -0.4 is 15.6 Å². The summed E-state index contributed by atoms with van der Waals surface area (Å²) in [5.74, 6) is -2.35. The van der Waals surface area contributed by atoms with Gasteiger partial charge in [0.05, 0.1) is 25.4 Å². The number of carboxylic acids is 1. The van der Waals surface area contributed by atoms with Crippen LogP contribution in [0.25, 0.3) is 0 Å². The van der Waals surface area contributed by atoms with Crippen molar-refractivity contribution in [2.45, 2.75) is 32.1 Å². The van der Waals surface area contributed by atoms with Crippen LogP contribution in [-0.2, 0) is 20.8 Å². The lowest BCUT2D eigenvalue weighted by molar-refractivity contribution is -0.149. The van der Waals surface area contributed by atoms with Crippen LogP contribution >= 0.6 is 0 Å². The van der Waals surface area contributed by atoms with Gasteiger partial charge < -0.3 is 9.84 Å². The van der Waals surface area contributed by atoms with E-state index in [1.54, 1.807) is 31.4 Å². The maximum Gasteiger partial charge on any atom is 0.307 e. The third kappa shape index (κ3) is 4.71. The lowest BCUT2D eigenvalue weighted by Crippen LogP contribution is -2.48. The Hall–Kier alpha value is -2.57. The molecule has 24 heavy (non-hydrogen) atoms. The molecule has 0 bridgehead atoms. The van der Waals surface area contributed by atoms with Crippen molar-refractivity contribution < 1.29 is 24.2 Å². The molecule has 2 rings (SSSR count). The van der Waals surface area contributed by atoms with Crippen molar-refractivity contribution >= 4 is 17.8 Å². The fraction of sp³-hybridized carbons (Fsp3) is 0.471. The first kappa shape index (κ1) is 17.8. The minimum absolute atomic E-state index is 0.108. The van der Waals surface area contributed by atoms with Gasteiger partial charge >= 0.3 is 5.97 Å². The van der Waals surface area contributed by atoms with Gasteiger partial charge in [-0.05, 0) is 30.5 Å². The molecule has 2 amide bonds. The summed E-state index contributed by atoms with van der Waals surface area (Å²) in [5.41, 5.74) is 5.49. The Balaban J connectivity index is 1.83. The molecule has 130 valence electrons. The van der Waals surface area contributed by atoms with Gasteiger partial charge in [0.2, 0.25) is 11.8 Å². The molecule has 0 radical (unpaired) electrons. The van der Waals surface area contributed by atoms with Crippen LogP contribution in [0.4, 0.5) is 0 Å². The molecule has 0 aliphatic heterocycles. The van der Waals surface area contributed by atoms with Crippen molar-refractivity contribution in [3.8, 4) is 5.75 Å². The van der Waals surface area contributed by atoms with Gasteiger partial charge in [-0.25, -0.2) is 0 Å². The Morgan fingerprint density at radius 1 is 1.08 bits per heavy atom. The number of ether oxygens (including phenoxy) is 1. The van der Waals surface area contributed by atoms with Crippen molar-refractivity contribution in [2.24, 2.45) is 11.8 Å². The van der Waals surface area contributed by atoms with Gasteiger partial charge in [-0.2, -0.15) is 0 Å². The van der Waals surface area contributed by atoms with E-state index in [-0.39, 0.29) is 12.3 Å². The summed E-state index contributed by atoms with van der Waals surface area (Å²) in [6.45, 7) is 0. The second-order valence-corrected chi connectivity index (χ2v) is 5.90. The fourth-order valence-electron chi connectivity index (χ4n) is 2.94. The minimum Gasteiger partial charge on any atom is -0.497 e. The molecule has 1 aliphatic rings. The first-order chi connectivity index (χ1) is 11.5. The Kier molecular flexibility index (Phi) is 6.17. The van der Waals surface area contributed by atoms with E-state index in [2.05, 4.69) is 10.9 Å². The van der Waals surface area contributed by atoms with Gasteiger partial charge in [0.25, 0.3) is 0 Å². The summed E-state index contributed by atoms with van der Waals surface area (Å²) in [4.78, 5) is 35.3. The third-order valence-corrected chi connectivity index (χ3v) is 4.27. The average molecular weight is 334 g/mol. The zero-order chi connectivity index (χ0) is 17.5. The standard InChI is InChI=1S/C17H22N2O5/c1-24-12-8-6-11(7-9-12)10-15(20)18-19-16(21)13-4-2-3-5-14(13)17(22)23/h6-9,13-14H,2-5,10H2,1H3,(H,18,20)(H,19,21)(H,22,23)/t13-,14+/m0/s1. The quantitative estimate of drug-likeness (QED) is 0.704. The van der Waals surface area contributed by atoms with Gasteiger partial charge in [0, 0.05) is 0 Å². The molecule has 1 saturated carbocycles. The molecule has 0 aromatic heterocycles. The maximum atomic E-state index is 12.1. The highest BCUT2D eigenvalue weighted by atomic mass is 16.5. The molecule has 1 aromatic rings. The number of carbonyl (C=O) groups excluding carboxylic acids is 2. The lowest BCUT2D eigenvalue weighted by Gasteiger charge is -2.27. The lowest BCUT2D eigenvalue weighted by atomic mass is 9.79. The normalized spacial score (nSPS) is 20.0. The van der Waals surface area contributed by atoms with E-state index in [9.17, 15) is 19.5 Å². The predicted molar refractivity (Wildman–Crippen MR) is 86.1 cm³/mol. The van der Waals surface area contributed by atoms with Crippen molar-refractivity contribution in [1.29, 1.82) is 0 Å². The molecule has 0 unspecified atom stereocenters. The second kappa shape index (κ2) is 8.33. The molecule has 1 fully saturated rings. The summed E-state index contributed by atoms with van der Waals surface area (Å²) in [6, 6.07) is 7.03. The van der Waals surface area contributed by atoms with Crippen molar-refractivity contribution in [1.82, 2.24) is 10.9 Å². The van der Waals surface area contributed by atoms with Crippen molar-refractivity contribution in [2.75, 3.05) is 7.11 Å². The molecule has 7 heteroatoms. The third-order valence-electron chi connectivity index (χ3n) is 4.27. The number of amides is 2. The highest BCUT2D eigenvalue weighted by molar-refractivity contribution is 5.87. The van der Waals surface area contributed by atoms with Crippen molar-refractivity contribution in [3.05, 3.63) is 29.8 Å². The monoisotopic (exact) mass is 334 g/mol. The van der Waals surface area contributed by atoms with E-state index < -0.39 is 23.7 Å². The Labute approximate surface area is 140 Å². The highest BCUT2D eigenvalue weighted by Gasteiger charge is 2.35. The van der Waals surface area contributed by atoms with Gasteiger partial charge in [0.1, 0.15) is 5.75 Å². The van der Waals surface area contributed by atoms with E-state index in [1.807, 2.05) is 0 Å². The number of nitrogens with one attached hydrogen (secondary N) is 2. The number of rotatable bonds is 5. The van der Waals surface area contributed by atoms with Crippen LogP contribution in [0.2, 0.25) is 0 Å². The number of benzene rings is 1. The van der Waals surface area contributed by atoms with Gasteiger partial charge in [-0.15, -0.1) is 0 Å². The molecule has 1 aliphatic carbocycles. The van der Waals surface area contributed by atoms with Crippen LogP contribution in [0.15, 0.2) is 24.3 Å². The number of carboxylic acid groups (broad SMARTS) is 1.